The summed E-state index contributed by atoms with van der Waals surface area (Å²) in [4.78, 5) is 21.0. The minimum atomic E-state index is -3.77. The van der Waals surface area contributed by atoms with Crippen LogP contribution in [0.5, 0.6) is 0 Å². The van der Waals surface area contributed by atoms with Gasteiger partial charge in [-0.3, -0.25) is 19.8 Å². The van der Waals surface area contributed by atoms with E-state index in [2.05, 4.69) is 39.1 Å². The number of hydrogen-bond acceptors (Lipinski definition) is 6. The average Bonchev–Trinajstić information content (AvgIpc) is 3.28. The van der Waals surface area contributed by atoms with E-state index in [4.69, 9.17) is 0 Å². The minimum Gasteiger partial charge on any atom is -0.298 e. The zero-order valence-corrected chi connectivity index (χ0v) is 18.8. The van der Waals surface area contributed by atoms with Gasteiger partial charge in [-0.2, -0.15) is 0 Å². The monoisotopic (exact) mass is 464 g/mol. The van der Waals surface area contributed by atoms with Gasteiger partial charge in [0.1, 0.15) is 0 Å². The number of carbonyl (C=O) groups excluding carboxylic acids is 1. The van der Waals surface area contributed by atoms with Gasteiger partial charge in [-0.1, -0.05) is 31.2 Å². The smallest absolute Gasteiger partial charge is 0.261 e. The fourth-order valence-electron chi connectivity index (χ4n) is 2.96. The first-order valence-electron chi connectivity index (χ1n) is 9.84. The van der Waals surface area contributed by atoms with Crippen molar-refractivity contribution >= 4 is 38.1 Å². The first-order valence-corrected chi connectivity index (χ1v) is 12.2. The van der Waals surface area contributed by atoms with E-state index in [1.165, 1.54) is 53.6 Å². The second-order valence-electron chi connectivity index (χ2n) is 6.91. The number of amides is 1. The zero-order chi connectivity index (χ0) is 22.6. The second kappa shape index (κ2) is 9.29. The normalized spacial score (nSPS) is 11.2. The van der Waals surface area contributed by atoms with Crippen LogP contribution in [0.25, 0.3) is 11.3 Å². The SMILES string of the molecule is CCc1ccc(-c2csc(NC(=O)c3ccc(S(=O)(=O)Nc4ccncc4)cc3)n2)cc1. The number of rotatable bonds is 7. The molecule has 0 aliphatic heterocycles. The third kappa shape index (κ3) is 5.01. The number of nitrogens with one attached hydrogen (secondary N) is 2. The molecule has 0 radical (unpaired) electrons. The fraction of sp³-hybridized carbons (Fsp3) is 0.0870. The van der Waals surface area contributed by atoms with Crippen molar-refractivity contribution in [2.75, 3.05) is 10.0 Å². The van der Waals surface area contributed by atoms with Gasteiger partial charge < -0.3 is 0 Å². The first kappa shape index (κ1) is 21.7. The van der Waals surface area contributed by atoms with Gasteiger partial charge in [0.05, 0.1) is 16.3 Å². The van der Waals surface area contributed by atoms with Crippen molar-refractivity contribution in [1.29, 1.82) is 0 Å². The van der Waals surface area contributed by atoms with Crippen molar-refractivity contribution in [3.05, 3.63) is 89.6 Å². The molecule has 0 saturated heterocycles. The van der Waals surface area contributed by atoms with Crippen LogP contribution in [0.15, 0.2) is 83.3 Å². The van der Waals surface area contributed by atoms with Gasteiger partial charge in [0.15, 0.2) is 5.13 Å². The molecule has 7 nitrogen and oxygen atoms in total. The van der Waals surface area contributed by atoms with Crippen molar-refractivity contribution in [1.82, 2.24) is 9.97 Å². The van der Waals surface area contributed by atoms with Crippen molar-refractivity contribution in [3.63, 3.8) is 0 Å². The summed E-state index contributed by atoms with van der Waals surface area (Å²) in [7, 11) is -3.77. The van der Waals surface area contributed by atoms with Crippen molar-refractivity contribution in [2.24, 2.45) is 0 Å². The molecule has 0 unspecified atom stereocenters. The Morgan fingerprint density at radius 1 is 0.969 bits per heavy atom. The van der Waals surface area contributed by atoms with Gasteiger partial charge in [0, 0.05) is 28.9 Å². The summed E-state index contributed by atoms with van der Waals surface area (Å²) in [5, 5.41) is 5.12. The molecule has 0 aliphatic rings. The number of sulfonamides is 1. The molecule has 9 heteroatoms. The van der Waals surface area contributed by atoms with E-state index < -0.39 is 10.0 Å². The van der Waals surface area contributed by atoms with E-state index in [-0.39, 0.29) is 10.8 Å². The molecule has 2 N–H and O–H groups in total. The third-order valence-electron chi connectivity index (χ3n) is 4.74. The Morgan fingerprint density at radius 3 is 2.31 bits per heavy atom. The van der Waals surface area contributed by atoms with Crippen LogP contribution < -0.4 is 10.0 Å². The molecule has 0 bridgehead atoms. The Morgan fingerprint density at radius 2 is 1.66 bits per heavy atom. The van der Waals surface area contributed by atoms with Crippen LogP contribution >= 0.6 is 11.3 Å². The summed E-state index contributed by atoms with van der Waals surface area (Å²) in [6.45, 7) is 2.10. The highest BCUT2D eigenvalue weighted by Gasteiger charge is 2.16. The van der Waals surface area contributed by atoms with Crippen LogP contribution in [0.2, 0.25) is 0 Å². The summed E-state index contributed by atoms with van der Waals surface area (Å²) >= 11 is 1.33. The quantitative estimate of drug-likeness (QED) is 0.408. The molecule has 0 spiro atoms. The summed E-state index contributed by atoms with van der Waals surface area (Å²) < 4.78 is 27.5. The minimum absolute atomic E-state index is 0.0536. The lowest BCUT2D eigenvalue weighted by molar-refractivity contribution is 0.102. The van der Waals surface area contributed by atoms with E-state index >= 15 is 0 Å². The van der Waals surface area contributed by atoms with Gasteiger partial charge >= 0.3 is 0 Å². The van der Waals surface area contributed by atoms with Crippen molar-refractivity contribution in [2.45, 2.75) is 18.2 Å². The number of anilines is 2. The topological polar surface area (TPSA) is 101 Å². The van der Waals surface area contributed by atoms with Crippen LogP contribution in [0.4, 0.5) is 10.8 Å². The molecule has 0 saturated carbocycles. The maximum Gasteiger partial charge on any atom is 0.261 e. The molecular weight excluding hydrogens is 444 g/mol. The number of hydrogen-bond donors (Lipinski definition) is 2. The summed E-state index contributed by atoms with van der Waals surface area (Å²) in [6.07, 6.45) is 3.96. The third-order valence-corrected chi connectivity index (χ3v) is 6.90. The van der Waals surface area contributed by atoms with Gasteiger partial charge in [0.25, 0.3) is 15.9 Å². The first-order chi connectivity index (χ1) is 15.4. The molecule has 0 aliphatic carbocycles. The Hall–Kier alpha value is -3.56. The summed E-state index contributed by atoms with van der Waals surface area (Å²) in [5.41, 5.74) is 3.76. The molecule has 2 aromatic carbocycles. The van der Waals surface area contributed by atoms with E-state index in [1.54, 1.807) is 12.1 Å². The highest BCUT2D eigenvalue weighted by Crippen LogP contribution is 2.26. The molecule has 0 fully saturated rings. The van der Waals surface area contributed by atoms with Crippen LogP contribution in [-0.4, -0.2) is 24.3 Å². The van der Waals surface area contributed by atoms with Crippen LogP contribution in [0.3, 0.4) is 0 Å². The van der Waals surface area contributed by atoms with E-state index in [1.807, 2.05) is 17.5 Å². The van der Waals surface area contributed by atoms with Crippen LogP contribution in [-0.2, 0) is 16.4 Å². The molecule has 1 amide bonds. The van der Waals surface area contributed by atoms with Crippen molar-refractivity contribution < 1.29 is 13.2 Å². The lowest BCUT2D eigenvalue weighted by atomic mass is 10.1. The number of nitrogens with zero attached hydrogens (tertiary/aromatic N) is 2. The average molecular weight is 465 g/mol. The Labute approximate surface area is 190 Å². The summed E-state index contributed by atoms with van der Waals surface area (Å²) in [5.74, 6) is -0.363. The fourth-order valence-corrected chi connectivity index (χ4v) is 4.74. The number of carbonyl (C=O) groups is 1. The van der Waals surface area contributed by atoms with Crippen LogP contribution in [0.1, 0.15) is 22.8 Å². The number of thiazole rings is 1. The molecular formula is C23H20N4O3S2. The van der Waals surface area contributed by atoms with E-state index in [0.717, 1.165) is 17.7 Å². The Kier molecular flexibility index (Phi) is 6.29. The Bertz CT molecular complexity index is 1320. The van der Waals surface area contributed by atoms with Crippen LogP contribution in [0, 0.1) is 0 Å². The highest BCUT2D eigenvalue weighted by molar-refractivity contribution is 7.92. The Balaban J connectivity index is 1.43. The molecule has 162 valence electrons. The molecule has 4 aromatic rings. The number of aryl methyl sites for hydroxylation is 1. The predicted molar refractivity (Wildman–Crippen MR) is 126 cm³/mol. The maximum absolute atomic E-state index is 12.6. The van der Waals surface area contributed by atoms with Gasteiger partial charge in [0.2, 0.25) is 0 Å². The molecule has 2 heterocycles. The molecule has 2 aromatic heterocycles. The standard InChI is InChI=1S/C23H20N4O3S2/c1-2-16-3-5-17(6-4-16)21-15-31-23(25-21)26-22(28)18-7-9-20(10-8-18)32(29,30)27-19-11-13-24-14-12-19/h3-15H,2H2,1H3,(H,24,27)(H,25,26,28). The predicted octanol–water partition coefficient (Wildman–Crippen LogP) is 4.82. The lowest BCUT2D eigenvalue weighted by Crippen LogP contribution is -2.14. The highest BCUT2D eigenvalue weighted by atomic mass is 32.2. The molecule has 32 heavy (non-hydrogen) atoms. The lowest BCUT2D eigenvalue weighted by Gasteiger charge is -2.08. The zero-order valence-electron chi connectivity index (χ0n) is 17.1. The van der Waals surface area contributed by atoms with E-state index in [9.17, 15) is 13.2 Å². The largest absolute Gasteiger partial charge is 0.298 e. The van der Waals surface area contributed by atoms with Gasteiger partial charge in [-0.25, -0.2) is 13.4 Å². The number of aromatic nitrogens is 2. The molecule has 4 rings (SSSR count). The van der Waals surface area contributed by atoms with Gasteiger partial charge in [-0.15, -0.1) is 11.3 Å². The van der Waals surface area contributed by atoms with Crippen molar-refractivity contribution in [3.8, 4) is 11.3 Å². The second-order valence-corrected chi connectivity index (χ2v) is 9.45. The van der Waals surface area contributed by atoms with Gasteiger partial charge in [-0.05, 0) is 48.4 Å². The molecule has 0 atom stereocenters. The number of benzene rings is 2. The maximum atomic E-state index is 12.6. The summed E-state index contributed by atoms with van der Waals surface area (Å²) in [6, 6.07) is 17.0. The number of pyridine rings is 1. The van der Waals surface area contributed by atoms with E-state index in [0.29, 0.717) is 16.4 Å².